The molecule has 21 heavy (non-hydrogen) atoms. The van der Waals surface area contributed by atoms with E-state index in [0.717, 1.165) is 0 Å². The molecule has 0 aliphatic heterocycles. The van der Waals surface area contributed by atoms with Crippen LogP contribution in [0, 0.1) is 5.82 Å². The molecule has 0 spiro atoms. The highest BCUT2D eigenvalue weighted by Gasteiger charge is 2.16. The Kier molecular flexibility index (Phi) is 4.62. The number of nitrogens with one attached hydrogen (secondary N) is 2. The van der Waals surface area contributed by atoms with Crippen molar-refractivity contribution in [2.24, 2.45) is 5.84 Å². The molecule has 4 N–H and O–H groups in total. The Morgan fingerprint density at radius 3 is 2.76 bits per heavy atom. The lowest BCUT2D eigenvalue weighted by molar-refractivity contribution is 0.102. The van der Waals surface area contributed by atoms with Gasteiger partial charge in [0, 0.05) is 5.02 Å². The fourth-order valence-corrected chi connectivity index (χ4v) is 2.00. The molecule has 0 aliphatic rings. The van der Waals surface area contributed by atoms with Crippen LogP contribution in [0.3, 0.4) is 0 Å². The van der Waals surface area contributed by atoms with Crippen LogP contribution in [0.15, 0.2) is 36.4 Å². The van der Waals surface area contributed by atoms with Crippen molar-refractivity contribution in [2.75, 3.05) is 17.9 Å². The summed E-state index contributed by atoms with van der Waals surface area (Å²) in [5.74, 6) is 4.52. The molecule has 0 aromatic heterocycles. The van der Waals surface area contributed by atoms with Gasteiger partial charge >= 0.3 is 0 Å². The summed E-state index contributed by atoms with van der Waals surface area (Å²) in [5, 5.41) is 3.04. The van der Waals surface area contributed by atoms with Crippen molar-refractivity contribution in [2.45, 2.75) is 0 Å². The Balaban J connectivity index is 2.35. The third-order valence-corrected chi connectivity index (χ3v) is 3.05. The Bertz CT molecular complexity index is 679. The number of ether oxygens (including phenoxy) is 1. The first-order valence-electron chi connectivity index (χ1n) is 5.97. The molecule has 0 aliphatic carbocycles. The second-order valence-electron chi connectivity index (χ2n) is 4.11. The highest BCUT2D eigenvalue weighted by Crippen LogP contribution is 2.29. The zero-order valence-electron chi connectivity index (χ0n) is 11.1. The summed E-state index contributed by atoms with van der Waals surface area (Å²) in [7, 11) is 1.47. The normalized spacial score (nSPS) is 10.1. The zero-order valence-corrected chi connectivity index (χ0v) is 11.9. The fraction of sp³-hybridized carbons (Fsp3) is 0.0714. The number of hydrogen-bond acceptors (Lipinski definition) is 4. The number of methoxy groups -OCH3 is 1. The molecule has 2 aromatic carbocycles. The lowest BCUT2D eigenvalue weighted by Crippen LogP contribution is -2.18. The minimum Gasteiger partial charge on any atom is -0.495 e. The predicted octanol–water partition coefficient (Wildman–Crippen LogP) is 3.03. The molecular formula is C14H13ClFN3O2. The molecule has 0 atom stereocenters. The van der Waals surface area contributed by atoms with Crippen LogP contribution in [-0.4, -0.2) is 13.0 Å². The van der Waals surface area contributed by atoms with Crippen LogP contribution in [0.5, 0.6) is 5.75 Å². The highest BCUT2D eigenvalue weighted by atomic mass is 35.5. The van der Waals surface area contributed by atoms with E-state index in [1.165, 1.54) is 31.4 Å². The fourth-order valence-electron chi connectivity index (χ4n) is 1.83. The van der Waals surface area contributed by atoms with Crippen molar-refractivity contribution >= 4 is 28.9 Å². The zero-order chi connectivity index (χ0) is 15.4. The van der Waals surface area contributed by atoms with Gasteiger partial charge < -0.3 is 15.5 Å². The highest BCUT2D eigenvalue weighted by molar-refractivity contribution is 6.31. The van der Waals surface area contributed by atoms with Crippen molar-refractivity contribution in [3.05, 3.63) is 52.8 Å². The Morgan fingerprint density at radius 2 is 2.10 bits per heavy atom. The summed E-state index contributed by atoms with van der Waals surface area (Å²) < 4.78 is 18.7. The van der Waals surface area contributed by atoms with Gasteiger partial charge in [0.2, 0.25) is 0 Å². The van der Waals surface area contributed by atoms with Gasteiger partial charge in [0.25, 0.3) is 5.91 Å². The molecule has 0 saturated carbocycles. The number of halogens is 2. The van der Waals surface area contributed by atoms with Gasteiger partial charge in [0.15, 0.2) is 0 Å². The number of carbonyl (C=O) groups is 1. The lowest BCUT2D eigenvalue weighted by Gasteiger charge is -2.13. The van der Waals surface area contributed by atoms with Crippen molar-refractivity contribution in [3.8, 4) is 5.75 Å². The summed E-state index contributed by atoms with van der Waals surface area (Å²) in [4.78, 5) is 12.3. The molecule has 0 unspecified atom stereocenters. The molecule has 7 heteroatoms. The van der Waals surface area contributed by atoms with Gasteiger partial charge in [-0.05, 0) is 30.3 Å². The first kappa shape index (κ1) is 15.1. The SMILES string of the molecule is COc1ccc(Cl)cc1NC(=O)c1cccc(F)c1NN. The topological polar surface area (TPSA) is 76.4 Å². The largest absolute Gasteiger partial charge is 0.495 e. The van der Waals surface area contributed by atoms with E-state index in [-0.39, 0.29) is 11.3 Å². The van der Waals surface area contributed by atoms with E-state index in [1.54, 1.807) is 12.1 Å². The average Bonchev–Trinajstić information content (AvgIpc) is 2.47. The van der Waals surface area contributed by atoms with Crippen LogP contribution in [0.1, 0.15) is 10.4 Å². The lowest BCUT2D eigenvalue weighted by atomic mass is 10.1. The first-order chi connectivity index (χ1) is 10.1. The molecule has 110 valence electrons. The summed E-state index contributed by atoms with van der Waals surface area (Å²) in [5.41, 5.74) is 2.54. The van der Waals surface area contributed by atoms with Crippen LogP contribution < -0.4 is 21.3 Å². The number of anilines is 2. The third-order valence-electron chi connectivity index (χ3n) is 2.81. The number of hydrazine groups is 1. The van der Waals surface area contributed by atoms with Gasteiger partial charge in [0.1, 0.15) is 11.6 Å². The molecule has 2 rings (SSSR count). The summed E-state index contributed by atoms with van der Waals surface area (Å²) in [6.45, 7) is 0. The summed E-state index contributed by atoms with van der Waals surface area (Å²) >= 11 is 5.89. The van der Waals surface area contributed by atoms with E-state index in [4.69, 9.17) is 22.2 Å². The number of carbonyl (C=O) groups excluding carboxylic acids is 1. The first-order valence-corrected chi connectivity index (χ1v) is 6.34. The van der Waals surface area contributed by atoms with Gasteiger partial charge in [-0.15, -0.1) is 0 Å². The van der Waals surface area contributed by atoms with E-state index in [1.807, 2.05) is 0 Å². The second-order valence-corrected chi connectivity index (χ2v) is 4.54. The molecule has 0 fully saturated rings. The van der Waals surface area contributed by atoms with Crippen LogP contribution >= 0.6 is 11.6 Å². The molecule has 0 saturated heterocycles. The summed E-state index contributed by atoms with van der Waals surface area (Å²) in [6.07, 6.45) is 0. The maximum Gasteiger partial charge on any atom is 0.258 e. The Morgan fingerprint density at radius 1 is 1.33 bits per heavy atom. The van der Waals surface area contributed by atoms with E-state index < -0.39 is 11.7 Å². The average molecular weight is 310 g/mol. The monoisotopic (exact) mass is 309 g/mol. The molecule has 1 amide bonds. The van der Waals surface area contributed by atoms with E-state index in [0.29, 0.717) is 16.5 Å². The number of nitrogen functional groups attached to an aromatic ring is 1. The van der Waals surface area contributed by atoms with Crippen molar-refractivity contribution in [1.82, 2.24) is 0 Å². The number of nitrogens with two attached hydrogens (primary N) is 1. The Labute approximate surface area is 125 Å². The maximum atomic E-state index is 13.6. The van der Waals surface area contributed by atoms with Gasteiger partial charge in [-0.2, -0.15) is 0 Å². The number of para-hydroxylation sites is 1. The summed E-state index contributed by atoms with van der Waals surface area (Å²) in [6, 6.07) is 8.85. The van der Waals surface area contributed by atoms with Crippen molar-refractivity contribution < 1.29 is 13.9 Å². The molecular weight excluding hydrogens is 297 g/mol. The minimum absolute atomic E-state index is 0.0690. The quantitative estimate of drug-likeness (QED) is 0.599. The van der Waals surface area contributed by atoms with Gasteiger partial charge in [0.05, 0.1) is 24.0 Å². The molecule has 0 radical (unpaired) electrons. The minimum atomic E-state index is -0.622. The van der Waals surface area contributed by atoms with Crippen molar-refractivity contribution in [3.63, 3.8) is 0 Å². The molecule has 0 bridgehead atoms. The standard InChI is InChI=1S/C14H13ClFN3O2/c1-21-12-6-5-8(15)7-11(12)18-14(20)9-3-2-4-10(16)13(9)19-17/h2-7,19H,17H2,1H3,(H,18,20). The van der Waals surface area contributed by atoms with Crippen LogP contribution in [0.2, 0.25) is 5.02 Å². The van der Waals surface area contributed by atoms with E-state index in [2.05, 4.69) is 10.7 Å². The third kappa shape index (κ3) is 3.24. The Hall–Kier alpha value is -2.31. The molecule has 0 heterocycles. The van der Waals surface area contributed by atoms with E-state index in [9.17, 15) is 9.18 Å². The van der Waals surface area contributed by atoms with Crippen LogP contribution in [0.4, 0.5) is 15.8 Å². The predicted molar refractivity (Wildman–Crippen MR) is 80.2 cm³/mol. The van der Waals surface area contributed by atoms with E-state index >= 15 is 0 Å². The van der Waals surface area contributed by atoms with Crippen LogP contribution in [-0.2, 0) is 0 Å². The molecule has 2 aromatic rings. The van der Waals surface area contributed by atoms with Gasteiger partial charge in [-0.3, -0.25) is 10.6 Å². The number of benzene rings is 2. The molecule has 5 nitrogen and oxygen atoms in total. The van der Waals surface area contributed by atoms with Crippen LogP contribution in [0.25, 0.3) is 0 Å². The second kappa shape index (κ2) is 6.43. The number of hydrogen-bond donors (Lipinski definition) is 3. The van der Waals surface area contributed by atoms with Crippen molar-refractivity contribution in [1.29, 1.82) is 0 Å². The number of rotatable bonds is 4. The van der Waals surface area contributed by atoms with Gasteiger partial charge in [-0.1, -0.05) is 17.7 Å². The van der Waals surface area contributed by atoms with Gasteiger partial charge in [-0.25, -0.2) is 4.39 Å². The smallest absolute Gasteiger partial charge is 0.258 e. The number of amides is 1. The maximum absolute atomic E-state index is 13.6.